The van der Waals surface area contributed by atoms with Crippen molar-refractivity contribution in [1.29, 1.82) is 0 Å². The van der Waals surface area contributed by atoms with Gasteiger partial charge in [-0.3, -0.25) is 4.79 Å². The lowest BCUT2D eigenvalue weighted by molar-refractivity contribution is -0.137. The van der Waals surface area contributed by atoms with Crippen molar-refractivity contribution in [2.75, 3.05) is 13.6 Å². The first-order chi connectivity index (χ1) is 15.6. The molecule has 1 N–H and O–H groups in total. The smallest absolute Gasteiger partial charge is 0.416 e. The number of aromatic nitrogens is 1. The molecule has 0 spiro atoms. The normalized spacial score (nSPS) is 14.1. The zero-order chi connectivity index (χ0) is 23.8. The lowest BCUT2D eigenvalue weighted by atomic mass is 9.98. The van der Waals surface area contributed by atoms with Crippen LogP contribution in [0.5, 0.6) is 11.5 Å². The number of nitrogens with zero attached hydrogens (tertiary/aromatic N) is 2. The highest BCUT2D eigenvalue weighted by Gasteiger charge is 2.30. The Labute approximate surface area is 191 Å². The van der Waals surface area contributed by atoms with Crippen molar-refractivity contribution in [3.8, 4) is 11.5 Å². The van der Waals surface area contributed by atoms with E-state index in [1.54, 1.807) is 17.0 Å². The molecular formula is C21H18F3N3O4S2. The van der Waals surface area contributed by atoms with Crippen LogP contribution in [0.15, 0.2) is 52.2 Å². The average molecular weight is 498 g/mol. The predicted molar refractivity (Wildman–Crippen MR) is 115 cm³/mol. The molecule has 2 heterocycles. The van der Waals surface area contributed by atoms with E-state index in [0.717, 1.165) is 34.6 Å². The molecule has 3 aromatic rings. The zero-order valence-electron chi connectivity index (χ0n) is 17.2. The number of sulfonamides is 1. The molecule has 0 radical (unpaired) electrons. The summed E-state index contributed by atoms with van der Waals surface area (Å²) in [5, 5.41) is 1.41. The average Bonchev–Trinajstić information content (AvgIpc) is 3.29. The van der Waals surface area contributed by atoms with E-state index >= 15 is 0 Å². The summed E-state index contributed by atoms with van der Waals surface area (Å²) in [5.74, 6) is 0.398. The Balaban J connectivity index is 1.50. The summed E-state index contributed by atoms with van der Waals surface area (Å²) in [6.45, 7) is 0.620. The molecule has 0 fully saturated rings. The van der Waals surface area contributed by atoms with Gasteiger partial charge >= 0.3 is 6.18 Å². The molecule has 0 bridgehead atoms. The largest absolute Gasteiger partial charge is 0.457 e. The van der Waals surface area contributed by atoms with E-state index in [1.807, 2.05) is 6.07 Å². The second-order valence-electron chi connectivity index (χ2n) is 7.20. The van der Waals surface area contributed by atoms with Gasteiger partial charge in [0.25, 0.3) is 15.9 Å². The van der Waals surface area contributed by atoms with Gasteiger partial charge in [0.15, 0.2) is 0 Å². The third-order valence-corrected chi connectivity index (χ3v) is 7.79. The molecule has 4 rings (SSSR count). The van der Waals surface area contributed by atoms with Crippen LogP contribution in [0.4, 0.5) is 13.2 Å². The fourth-order valence-electron chi connectivity index (χ4n) is 3.41. The second kappa shape index (κ2) is 8.76. The maximum Gasteiger partial charge on any atom is 0.416 e. The van der Waals surface area contributed by atoms with E-state index < -0.39 is 21.8 Å². The van der Waals surface area contributed by atoms with E-state index in [9.17, 15) is 26.4 Å². The van der Waals surface area contributed by atoms with E-state index in [-0.39, 0.29) is 28.2 Å². The number of hydrogen-bond acceptors (Lipinski definition) is 6. The third-order valence-electron chi connectivity index (χ3n) is 5.12. The lowest BCUT2D eigenvalue weighted by Gasteiger charge is -2.29. The fraction of sp³-hybridized carbons (Fsp3) is 0.238. The predicted octanol–water partition coefficient (Wildman–Crippen LogP) is 4.06. The summed E-state index contributed by atoms with van der Waals surface area (Å²) in [5.41, 5.74) is 0.983. The molecule has 1 amide bonds. The number of benzene rings is 2. The molecule has 7 nitrogen and oxygen atoms in total. The standard InChI is InChI=1S/C21H18F3N3O4S2/c1-25-33(29,30)20-26-17(12-32-20)19(28)27-10-9-16-13(11-27)3-2-4-18(16)31-15-7-5-14(6-8-15)21(22,23)24/h2-8,12,25H,9-11H2,1H3. The van der Waals surface area contributed by atoms with Crippen molar-refractivity contribution in [3.63, 3.8) is 0 Å². The number of ether oxygens (including phenoxy) is 1. The number of hydrogen-bond donors (Lipinski definition) is 1. The van der Waals surface area contributed by atoms with Gasteiger partial charge in [0.1, 0.15) is 17.2 Å². The van der Waals surface area contributed by atoms with Crippen LogP contribution in [0.1, 0.15) is 27.2 Å². The molecule has 2 aromatic carbocycles. The van der Waals surface area contributed by atoms with Gasteiger partial charge in [-0.15, -0.1) is 11.3 Å². The lowest BCUT2D eigenvalue weighted by Crippen LogP contribution is -2.36. The Morgan fingerprint density at radius 2 is 1.91 bits per heavy atom. The summed E-state index contributed by atoms with van der Waals surface area (Å²) >= 11 is 0.866. The van der Waals surface area contributed by atoms with Crippen molar-refractivity contribution < 1.29 is 31.1 Å². The molecule has 0 atom stereocenters. The maximum atomic E-state index is 12.9. The first kappa shape index (κ1) is 23.2. The van der Waals surface area contributed by atoms with Gasteiger partial charge in [-0.2, -0.15) is 13.2 Å². The minimum absolute atomic E-state index is 0.0504. The van der Waals surface area contributed by atoms with Gasteiger partial charge in [-0.1, -0.05) is 12.1 Å². The van der Waals surface area contributed by atoms with Gasteiger partial charge in [0.05, 0.1) is 5.56 Å². The number of thiazole rings is 1. The van der Waals surface area contributed by atoms with Crippen molar-refractivity contribution >= 4 is 27.3 Å². The van der Waals surface area contributed by atoms with Gasteiger partial charge in [0, 0.05) is 24.0 Å². The van der Waals surface area contributed by atoms with E-state index in [4.69, 9.17) is 4.74 Å². The Morgan fingerprint density at radius 1 is 1.18 bits per heavy atom. The molecule has 0 saturated heterocycles. The summed E-state index contributed by atoms with van der Waals surface area (Å²) in [4.78, 5) is 18.4. The molecule has 1 aromatic heterocycles. The van der Waals surface area contributed by atoms with Crippen LogP contribution in [0.25, 0.3) is 0 Å². The van der Waals surface area contributed by atoms with Crippen LogP contribution in [-0.4, -0.2) is 37.8 Å². The number of nitrogens with one attached hydrogen (secondary N) is 1. The van der Waals surface area contributed by atoms with E-state index in [1.165, 1.54) is 24.6 Å². The molecule has 174 valence electrons. The fourth-order valence-corrected chi connectivity index (χ4v) is 5.22. The summed E-state index contributed by atoms with van der Waals surface area (Å²) in [7, 11) is -2.46. The van der Waals surface area contributed by atoms with Gasteiger partial charge in [-0.05, 0) is 49.4 Å². The number of alkyl halides is 3. The number of halogens is 3. The molecule has 12 heteroatoms. The summed E-state index contributed by atoms with van der Waals surface area (Å²) < 4.78 is 69.8. The highest BCUT2D eigenvalue weighted by atomic mass is 32.2. The molecule has 0 unspecified atom stereocenters. The molecule has 1 aliphatic heterocycles. The highest BCUT2D eigenvalue weighted by molar-refractivity contribution is 7.91. The van der Waals surface area contributed by atoms with E-state index in [0.29, 0.717) is 18.7 Å². The van der Waals surface area contributed by atoms with Gasteiger partial charge in [-0.25, -0.2) is 18.1 Å². The van der Waals surface area contributed by atoms with Crippen molar-refractivity contribution in [3.05, 3.63) is 70.2 Å². The number of carbonyl (C=O) groups is 1. The Hall–Kier alpha value is -2.96. The molecule has 33 heavy (non-hydrogen) atoms. The summed E-state index contributed by atoms with van der Waals surface area (Å²) in [6.07, 6.45) is -3.96. The van der Waals surface area contributed by atoms with Crippen LogP contribution in [0, 0.1) is 0 Å². The van der Waals surface area contributed by atoms with Crippen LogP contribution in [-0.2, 0) is 29.2 Å². The first-order valence-electron chi connectivity index (χ1n) is 9.73. The van der Waals surface area contributed by atoms with Crippen LogP contribution in [0.3, 0.4) is 0 Å². The minimum Gasteiger partial charge on any atom is -0.457 e. The van der Waals surface area contributed by atoms with Gasteiger partial charge < -0.3 is 9.64 Å². The Morgan fingerprint density at radius 3 is 2.58 bits per heavy atom. The Bertz CT molecular complexity index is 1290. The quantitative estimate of drug-likeness (QED) is 0.574. The van der Waals surface area contributed by atoms with Crippen molar-refractivity contribution in [2.24, 2.45) is 0 Å². The van der Waals surface area contributed by atoms with Gasteiger partial charge in [0.2, 0.25) is 4.34 Å². The number of carbonyl (C=O) groups excluding carboxylic acids is 1. The highest BCUT2D eigenvalue weighted by Crippen LogP contribution is 2.34. The molecule has 0 aliphatic carbocycles. The minimum atomic E-state index is -4.42. The topological polar surface area (TPSA) is 88.6 Å². The van der Waals surface area contributed by atoms with Crippen LogP contribution >= 0.6 is 11.3 Å². The summed E-state index contributed by atoms with van der Waals surface area (Å²) in [6, 6.07) is 9.76. The number of rotatable bonds is 5. The SMILES string of the molecule is CNS(=O)(=O)c1nc(C(=O)N2CCc3c(cccc3Oc3ccc(C(F)(F)F)cc3)C2)cs1. The zero-order valence-corrected chi connectivity index (χ0v) is 18.9. The molecule has 1 aliphatic rings. The molecule has 0 saturated carbocycles. The van der Waals surface area contributed by atoms with Crippen molar-refractivity contribution in [1.82, 2.24) is 14.6 Å². The Kier molecular flexibility index (Phi) is 6.16. The number of amides is 1. The maximum absolute atomic E-state index is 12.9. The molecular weight excluding hydrogens is 479 g/mol. The van der Waals surface area contributed by atoms with E-state index in [2.05, 4.69) is 9.71 Å². The third kappa shape index (κ3) is 4.87. The first-order valence-corrected chi connectivity index (χ1v) is 12.1. The van der Waals surface area contributed by atoms with Crippen LogP contribution < -0.4 is 9.46 Å². The van der Waals surface area contributed by atoms with Crippen molar-refractivity contribution in [2.45, 2.75) is 23.5 Å². The monoisotopic (exact) mass is 497 g/mol. The van der Waals surface area contributed by atoms with Crippen LogP contribution in [0.2, 0.25) is 0 Å². The number of fused-ring (bicyclic) bond motifs is 1. The second-order valence-corrected chi connectivity index (χ2v) is 10.1.